The Hall–Kier alpha value is -4.32. The van der Waals surface area contributed by atoms with Crippen LogP contribution in [0.5, 0.6) is 5.75 Å². The molecule has 1 N–H and O–H groups in total. The van der Waals surface area contributed by atoms with Crippen LogP contribution in [0.3, 0.4) is 0 Å². The van der Waals surface area contributed by atoms with Crippen molar-refractivity contribution < 1.29 is 27.8 Å². The smallest absolute Gasteiger partial charge is 0.415 e. The van der Waals surface area contributed by atoms with Crippen LogP contribution in [0.2, 0.25) is 5.02 Å². The number of nitriles is 1. The van der Waals surface area contributed by atoms with Crippen molar-refractivity contribution in [3.63, 3.8) is 0 Å². The number of fused-ring (bicyclic) bond motifs is 2. The van der Waals surface area contributed by atoms with Gasteiger partial charge in [-0.05, 0) is 42.4 Å². The van der Waals surface area contributed by atoms with Gasteiger partial charge in [0.15, 0.2) is 18.4 Å². The first-order valence-electron chi connectivity index (χ1n) is 15.6. The summed E-state index contributed by atoms with van der Waals surface area (Å²) in [5.41, 5.74) is 3.47. The molecule has 1 saturated heterocycles. The first-order valence-corrected chi connectivity index (χ1v) is 16.0. The van der Waals surface area contributed by atoms with Crippen LogP contribution in [0, 0.1) is 23.2 Å². The first-order chi connectivity index (χ1) is 22.8. The molecule has 3 aromatic heterocycles. The Bertz CT molecular complexity index is 1880. The number of rotatable bonds is 8. The highest BCUT2D eigenvalue weighted by Crippen LogP contribution is 2.41. The normalized spacial score (nSPS) is 19.3. The Balaban J connectivity index is 1.38. The van der Waals surface area contributed by atoms with Crippen molar-refractivity contribution in [2.24, 2.45) is 11.8 Å². The minimum absolute atomic E-state index is 0.0954. The summed E-state index contributed by atoms with van der Waals surface area (Å²) in [4.78, 5) is 29.5. The summed E-state index contributed by atoms with van der Waals surface area (Å²) in [7, 11) is 0. The highest BCUT2D eigenvalue weighted by atomic mass is 35.5. The lowest BCUT2D eigenvalue weighted by Gasteiger charge is -2.38. The van der Waals surface area contributed by atoms with Gasteiger partial charge in [0, 0.05) is 43.0 Å². The van der Waals surface area contributed by atoms with Gasteiger partial charge >= 0.3 is 6.18 Å². The zero-order valence-corrected chi connectivity index (χ0v) is 27.3. The number of aliphatic hydroxyl groups is 1. The van der Waals surface area contributed by atoms with Gasteiger partial charge in [-0.15, -0.1) is 0 Å². The third-order valence-corrected chi connectivity index (χ3v) is 8.96. The number of likely N-dealkylation sites (tertiary alicyclic amines) is 1. The molecule has 0 radical (unpaired) electrons. The Morgan fingerprint density at radius 3 is 2.62 bits per heavy atom. The fourth-order valence-electron chi connectivity index (χ4n) is 6.50. The minimum Gasteiger partial charge on any atom is -0.482 e. The highest BCUT2D eigenvalue weighted by molar-refractivity contribution is 6.30. The largest absolute Gasteiger partial charge is 0.482 e. The summed E-state index contributed by atoms with van der Waals surface area (Å²) >= 11 is 5.93. The van der Waals surface area contributed by atoms with Crippen LogP contribution in [-0.4, -0.2) is 79.2 Å². The maximum Gasteiger partial charge on any atom is 0.415 e. The van der Waals surface area contributed by atoms with E-state index in [0.29, 0.717) is 81.6 Å². The molecule has 4 aromatic rings. The Labute approximate surface area is 279 Å². The number of aliphatic hydroxyl groups excluding tert-OH is 1. The zero-order valence-electron chi connectivity index (χ0n) is 26.6. The molecule has 6 rings (SSSR count). The van der Waals surface area contributed by atoms with Crippen molar-refractivity contribution in [3.8, 4) is 22.9 Å². The van der Waals surface area contributed by atoms with Crippen LogP contribution in [-0.2, 0) is 17.8 Å². The molecule has 0 aliphatic carbocycles. The molecule has 2 aliphatic rings. The third-order valence-electron chi connectivity index (χ3n) is 8.76. The quantitative estimate of drug-likeness (QED) is 0.261. The van der Waals surface area contributed by atoms with Gasteiger partial charge in [-0.25, -0.2) is 19.6 Å². The summed E-state index contributed by atoms with van der Waals surface area (Å²) < 4.78 is 46.8. The van der Waals surface area contributed by atoms with E-state index >= 15 is 0 Å². The predicted octanol–water partition coefficient (Wildman–Crippen LogP) is 5.34. The second-order valence-corrected chi connectivity index (χ2v) is 13.2. The van der Waals surface area contributed by atoms with Crippen LogP contribution in [0.1, 0.15) is 50.3 Å². The fourth-order valence-corrected chi connectivity index (χ4v) is 6.59. The van der Waals surface area contributed by atoms with Crippen LogP contribution in [0.15, 0.2) is 36.8 Å². The average molecular weight is 683 g/mol. The van der Waals surface area contributed by atoms with Crippen molar-refractivity contribution in [3.05, 3.63) is 58.9 Å². The van der Waals surface area contributed by atoms with E-state index in [0.717, 1.165) is 0 Å². The number of hydrogen-bond acceptors (Lipinski definition) is 9. The van der Waals surface area contributed by atoms with E-state index in [9.17, 15) is 28.3 Å². The number of benzene rings is 1. The number of halogens is 4. The third kappa shape index (κ3) is 6.67. The van der Waals surface area contributed by atoms with Crippen LogP contribution >= 0.6 is 11.6 Å². The average Bonchev–Trinajstić information content (AvgIpc) is 3.45. The van der Waals surface area contributed by atoms with Crippen LogP contribution < -0.4 is 9.64 Å². The molecule has 252 valence electrons. The van der Waals surface area contributed by atoms with Gasteiger partial charge in [-0.1, -0.05) is 38.4 Å². The number of carbonyl (C=O) groups is 1. The van der Waals surface area contributed by atoms with E-state index in [1.54, 1.807) is 28.1 Å². The monoisotopic (exact) mass is 682 g/mol. The summed E-state index contributed by atoms with van der Waals surface area (Å²) in [6, 6.07) is 7.61. The summed E-state index contributed by atoms with van der Waals surface area (Å²) in [6.07, 6.45) is -1.43. The van der Waals surface area contributed by atoms with E-state index in [2.05, 4.69) is 16.0 Å². The van der Waals surface area contributed by atoms with E-state index in [-0.39, 0.29) is 36.9 Å². The number of pyridine rings is 1. The van der Waals surface area contributed by atoms with Gasteiger partial charge in [0.05, 0.1) is 40.8 Å². The molecule has 0 bridgehead atoms. The number of amides is 1. The molecule has 5 heterocycles. The van der Waals surface area contributed by atoms with Gasteiger partial charge < -0.3 is 9.84 Å². The van der Waals surface area contributed by atoms with Crippen molar-refractivity contribution >= 4 is 34.2 Å². The summed E-state index contributed by atoms with van der Waals surface area (Å²) in [5.74, 6) is 0.702. The lowest BCUT2D eigenvalue weighted by Crippen LogP contribution is -2.47. The van der Waals surface area contributed by atoms with E-state index in [1.807, 2.05) is 31.5 Å². The number of ether oxygens (including phenoxy) is 1. The number of β-amino-alcohol motifs (C(OH)–C–C–N with tert-alkyl or cyclic N) is 1. The molecule has 1 amide bonds. The lowest BCUT2D eigenvalue weighted by atomic mass is 9.92. The molecule has 3 atom stereocenters. The second-order valence-electron chi connectivity index (χ2n) is 12.8. The Morgan fingerprint density at radius 1 is 1.21 bits per heavy atom. The molecule has 15 heteroatoms. The number of piperidine rings is 1. The number of anilines is 1. The Kier molecular flexibility index (Phi) is 9.30. The lowest BCUT2D eigenvalue weighted by molar-refractivity contribution is -0.209. The number of nitrogens with zero attached hydrogens (tertiary/aromatic N) is 8. The SMILES string of the molecule is CC(C)Cc1nc2c(cnn2[C@@H]2CCN(CC(O)C(F)(F)F)C[C@H]2C)c(-c2ccc3c(c2)OCC(=O)N3Cc2ncc(Cl)cn2)c1C#N. The van der Waals surface area contributed by atoms with Crippen molar-refractivity contribution in [1.82, 2.24) is 29.6 Å². The molecule has 11 nitrogen and oxygen atoms in total. The molecule has 48 heavy (non-hydrogen) atoms. The maximum atomic E-state index is 13.0. The summed E-state index contributed by atoms with van der Waals surface area (Å²) in [6.45, 7) is 6.18. The molecular weight excluding hydrogens is 649 g/mol. The fraction of sp³-hybridized carbons (Fsp3) is 0.455. The molecule has 0 saturated carbocycles. The summed E-state index contributed by atoms with van der Waals surface area (Å²) in [5, 5.41) is 25.8. The number of aromatic nitrogens is 5. The molecule has 2 aliphatic heterocycles. The molecule has 1 unspecified atom stereocenters. The topological polar surface area (TPSA) is 133 Å². The van der Waals surface area contributed by atoms with Crippen molar-refractivity contribution in [2.75, 3.05) is 31.1 Å². The van der Waals surface area contributed by atoms with E-state index in [1.165, 1.54) is 12.4 Å². The number of carbonyl (C=O) groups excluding carboxylic acids is 1. The van der Waals surface area contributed by atoms with Gasteiger partial charge in [0.1, 0.15) is 17.6 Å². The van der Waals surface area contributed by atoms with Crippen LogP contribution in [0.25, 0.3) is 22.2 Å². The molecular formula is C33H34ClF3N8O3. The van der Waals surface area contributed by atoms with E-state index in [4.69, 9.17) is 26.4 Å². The number of alkyl halides is 3. The van der Waals surface area contributed by atoms with Gasteiger partial charge in [-0.3, -0.25) is 14.6 Å². The minimum atomic E-state index is -4.68. The zero-order chi connectivity index (χ0) is 34.3. The Morgan fingerprint density at radius 2 is 1.96 bits per heavy atom. The van der Waals surface area contributed by atoms with Crippen LogP contribution in [0.4, 0.5) is 18.9 Å². The number of hydrogen-bond donors (Lipinski definition) is 1. The standard InChI is InChI=1S/C33H34ClF3N8O3/c1-18(2)8-24-22(10-38)31(20-4-5-26-27(9-20)48-17-30(47)44(26)16-29-39-11-21(34)12-40-29)23-13-41-45(32(23)42-24)25-6-7-43(14-19(25)3)15-28(46)33(35,36)37/h4-5,9,11-13,18-19,25,28,46H,6-8,14-17H2,1-3H3/t19-,25-,28?/m1/s1. The van der Waals surface area contributed by atoms with Crippen molar-refractivity contribution in [1.29, 1.82) is 5.26 Å². The highest BCUT2D eigenvalue weighted by Gasteiger charge is 2.41. The van der Waals surface area contributed by atoms with Gasteiger partial charge in [0.2, 0.25) is 0 Å². The van der Waals surface area contributed by atoms with Gasteiger partial charge in [0.25, 0.3) is 5.91 Å². The van der Waals surface area contributed by atoms with Gasteiger partial charge in [-0.2, -0.15) is 23.5 Å². The maximum absolute atomic E-state index is 13.0. The second kappa shape index (κ2) is 13.3. The van der Waals surface area contributed by atoms with Crippen molar-refractivity contribution in [2.45, 2.75) is 58.5 Å². The molecule has 1 fully saturated rings. The first kappa shape index (κ1) is 33.6. The molecule has 1 aromatic carbocycles. The molecule has 0 spiro atoms. The predicted molar refractivity (Wildman–Crippen MR) is 171 cm³/mol. The van der Waals surface area contributed by atoms with E-state index < -0.39 is 18.8 Å².